The summed E-state index contributed by atoms with van der Waals surface area (Å²) in [6.07, 6.45) is 0.833. The Hall–Kier alpha value is -4.40. The maximum atomic E-state index is 6.53. The van der Waals surface area contributed by atoms with Crippen LogP contribution in [-0.4, -0.2) is 6.54 Å². The monoisotopic (exact) mass is 464 g/mol. The molecule has 6 rings (SSSR count). The fraction of sp³-hybridized carbons (Fsp3) is 0.0588. The first-order valence-electron chi connectivity index (χ1n) is 12.4. The Kier molecular flexibility index (Phi) is 5.73. The summed E-state index contributed by atoms with van der Waals surface area (Å²) < 4.78 is 0. The van der Waals surface area contributed by atoms with Gasteiger partial charge in [-0.25, -0.2) is 0 Å². The molecule has 0 heterocycles. The summed E-state index contributed by atoms with van der Waals surface area (Å²) in [6.45, 7) is 0.615. The summed E-state index contributed by atoms with van der Waals surface area (Å²) in [5.74, 6) is 0. The molecular formula is C34H28N2. The fourth-order valence-electron chi connectivity index (χ4n) is 5.13. The van der Waals surface area contributed by atoms with E-state index in [9.17, 15) is 0 Å². The number of nitrogen functional groups attached to an aromatic ring is 1. The van der Waals surface area contributed by atoms with E-state index < -0.39 is 0 Å². The second-order valence-electron chi connectivity index (χ2n) is 9.35. The molecule has 2 nitrogen and oxygen atoms in total. The second kappa shape index (κ2) is 9.33. The van der Waals surface area contributed by atoms with E-state index in [2.05, 4.69) is 115 Å². The Morgan fingerprint density at radius 1 is 0.472 bits per heavy atom. The Balaban J connectivity index is 1.50. The molecule has 6 aromatic rings. The van der Waals surface area contributed by atoms with E-state index >= 15 is 0 Å². The van der Waals surface area contributed by atoms with Gasteiger partial charge in [-0.15, -0.1) is 0 Å². The van der Waals surface area contributed by atoms with Crippen molar-refractivity contribution in [3.63, 3.8) is 0 Å². The first kappa shape index (κ1) is 22.1. The summed E-state index contributed by atoms with van der Waals surface area (Å²) in [5.41, 5.74) is 21.4. The Morgan fingerprint density at radius 2 is 1.14 bits per heavy atom. The maximum absolute atomic E-state index is 6.53. The third kappa shape index (κ3) is 4.13. The zero-order chi connectivity index (χ0) is 24.5. The number of fused-ring (bicyclic) bond motifs is 2. The highest BCUT2D eigenvalue weighted by molar-refractivity contribution is 6.00. The van der Waals surface area contributed by atoms with Gasteiger partial charge in [-0.3, -0.25) is 0 Å². The van der Waals surface area contributed by atoms with Crippen LogP contribution < -0.4 is 11.5 Å². The zero-order valence-corrected chi connectivity index (χ0v) is 20.1. The molecule has 0 aliphatic heterocycles. The van der Waals surface area contributed by atoms with Crippen molar-refractivity contribution in [3.05, 3.63) is 127 Å². The lowest BCUT2D eigenvalue weighted by Gasteiger charge is -2.14. The van der Waals surface area contributed by atoms with E-state index in [4.69, 9.17) is 11.5 Å². The molecule has 0 amide bonds. The minimum atomic E-state index is 0.615. The molecule has 2 heteroatoms. The number of anilines is 1. The number of hydrogen-bond donors (Lipinski definition) is 2. The lowest BCUT2D eigenvalue weighted by atomic mass is 9.91. The number of nitrogens with two attached hydrogens (primary N) is 2. The molecule has 174 valence electrons. The Morgan fingerprint density at radius 3 is 1.94 bits per heavy atom. The quantitative estimate of drug-likeness (QED) is 0.253. The third-order valence-electron chi connectivity index (χ3n) is 6.98. The van der Waals surface area contributed by atoms with Crippen molar-refractivity contribution < 1.29 is 0 Å². The van der Waals surface area contributed by atoms with Crippen LogP contribution in [0.2, 0.25) is 0 Å². The number of hydrogen-bond acceptors (Lipinski definition) is 2. The molecule has 0 aliphatic rings. The standard InChI is InChI=1S/C34H28N2/c35-17-16-23-18-29(27-13-12-24-6-1-2-8-26(24)20-27)21-30(19-23)28-14-15-34(36)33(22-28)32-11-5-9-25-7-3-4-10-31(25)32/h1-15,18-22H,16-17,35-36H2. The lowest BCUT2D eigenvalue weighted by molar-refractivity contribution is 0.970. The second-order valence-corrected chi connectivity index (χ2v) is 9.35. The molecule has 6 aromatic carbocycles. The minimum absolute atomic E-state index is 0.615. The van der Waals surface area contributed by atoms with Gasteiger partial charge in [0, 0.05) is 11.3 Å². The molecule has 4 N–H and O–H groups in total. The average Bonchev–Trinajstić information content (AvgIpc) is 2.93. The first-order chi connectivity index (χ1) is 17.7. The minimum Gasteiger partial charge on any atom is -0.398 e. The highest BCUT2D eigenvalue weighted by Crippen LogP contribution is 2.37. The van der Waals surface area contributed by atoms with E-state index in [0.29, 0.717) is 6.54 Å². The molecule has 0 aromatic heterocycles. The molecule has 0 saturated heterocycles. The van der Waals surface area contributed by atoms with Gasteiger partial charge < -0.3 is 11.5 Å². The van der Waals surface area contributed by atoms with Crippen molar-refractivity contribution in [1.82, 2.24) is 0 Å². The van der Waals surface area contributed by atoms with Gasteiger partial charge in [0.1, 0.15) is 0 Å². The van der Waals surface area contributed by atoms with Crippen LogP contribution in [0.1, 0.15) is 5.56 Å². The molecule has 36 heavy (non-hydrogen) atoms. The van der Waals surface area contributed by atoms with E-state index in [-0.39, 0.29) is 0 Å². The van der Waals surface area contributed by atoms with Gasteiger partial charge in [0.2, 0.25) is 0 Å². The van der Waals surface area contributed by atoms with Crippen LogP contribution in [0.15, 0.2) is 121 Å². The molecule has 0 fully saturated rings. The van der Waals surface area contributed by atoms with E-state index in [0.717, 1.165) is 28.8 Å². The van der Waals surface area contributed by atoms with Crippen LogP contribution in [0.4, 0.5) is 5.69 Å². The summed E-state index contributed by atoms with van der Waals surface area (Å²) in [6, 6.07) is 43.2. The third-order valence-corrected chi connectivity index (χ3v) is 6.98. The van der Waals surface area contributed by atoms with Crippen molar-refractivity contribution in [2.45, 2.75) is 6.42 Å². The van der Waals surface area contributed by atoms with Gasteiger partial charge in [0.25, 0.3) is 0 Å². The first-order valence-corrected chi connectivity index (χ1v) is 12.4. The van der Waals surface area contributed by atoms with E-state index in [1.54, 1.807) is 0 Å². The van der Waals surface area contributed by atoms with Crippen LogP contribution in [0.5, 0.6) is 0 Å². The zero-order valence-electron chi connectivity index (χ0n) is 20.1. The highest BCUT2D eigenvalue weighted by atomic mass is 14.6. The average molecular weight is 465 g/mol. The Bertz CT molecular complexity index is 1710. The van der Waals surface area contributed by atoms with Crippen molar-refractivity contribution in [2.24, 2.45) is 5.73 Å². The van der Waals surface area contributed by atoms with E-state index in [1.165, 1.54) is 43.8 Å². The van der Waals surface area contributed by atoms with Crippen molar-refractivity contribution in [1.29, 1.82) is 0 Å². The van der Waals surface area contributed by atoms with Gasteiger partial charge in [0.05, 0.1) is 0 Å². The topological polar surface area (TPSA) is 52.0 Å². The highest BCUT2D eigenvalue weighted by Gasteiger charge is 2.11. The predicted molar refractivity (Wildman–Crippen MR) is 155 cm³/mol. The van der Waals surface area contributed by atoms with Gasteiger partial charge in [-0.05, 0) is 92.2 Å². The van der Waals surface area contributed by atoms with Crippen molar-refractivity contribution >= 4 is 27.2 Å². The normalized spacial score (nSPS) is 11.2. The van der Waals surface area contributed by atoms with Gasteiger partial charge >= 0.3 is 0 Å². The summed E-state index contributed by atoms with van der Waals surface area (Å²) in [7, 11) is 0. The molecule has 0 saturated carbocycles. The van der Waals surface area contributed by atoms with E-state index in [1.807, 2.05) is 6.07 Å². The maximum Gasteiger partial charge on any atom is 0.0394 e. The molecule has 0 unspecified atom stereocenters. The summed E-state index contributed by atoms with van der Waals surface area (Å²) in [4.78, 5) is 0. The van der Waals surface area contributed by atoms with Crippen LogP contribution in [-0.2, 0) is 6.42 Å². The van der Waals surface area contributed by atoms with Crippen molar-refractivity contribution in [3.8, 4) is 33.4 Å². The molecule has 0 atom stereocenters. The Labute approximate surface area is 211 Å². The predicted octanol–water partition coefficient (Wildman–Crippen LogP) is 8.08. The molecule has 0 spiro atoms. The molecular weight excluding hydrogens is 436 g/mol. The lowest BCUT2D eigenvalue weighted by Crippen LogP contribution is -2.03. The van der Waals surface area contributed by atoms with Gasteiger partial charge in [-0.1, -0.05) is 97.1 Å². The van der Waals surface area contributed by atoms with Gasteiger partial charge in [-0.2, -0.15) is 0 Å². The van der Waals surface area contributed by atoms with Crippen LogP contribution in [0.3, 0.4) is 0 Å². The number of benzene rings is 6. The SMILES string of the molecule is NCCc1cc(-c2ccc(N)c(-c3cccc4ccccc34)c2)cc(-c2ccc3ccccc3c2)c1. The van der Waals surface area contributed by atoms with Crippen LogP contribution >= 0.6 is 0 Å². The largest absolute Gasteiger partial charge is 0.398 e. The van der Waals surface area contributed by atoms with Crippen LogP contribution in [0, 0.1) is 0 Å². The van der Waals surface area contributed by atoms with Crippen LogP contribution in [0.25, 0.3) is 54.9 Å². The summed E-state index contributed by atoms with van der Waals surface area (Å²) >= 11 is 0. The molecule has 0 radical (unpaired) electrons. The molecule has 0 bridgehead atoms. The molecule has 0 aliphatic carbocycles. The smallest absolute Gasteiger partial charge is 0.0394 e. The summed E-state index contributed by atoms with van der Waals surface area (Å²) in [5, 5.41) is 4.91. The fourth-order valence-corrected chi connectivity index (χ4v) is 5.13. The van der Waals surface area contributed by atoms with Crippen molar-refractivity contribution in [2.75, 3.05) is 12.3 Å². The number of rotatable bonds is 5. The van der Waals surface area contributed by atoms with Gasteiger partial charge in [0.15, 0.2) is 0 Å².